The van der Waals surface area contributed by atoms with E-state index in [9.17, 15) is 5.11 Å². The summed E-state index contributed by atoms with van der Waals surface area (Å²) in [6.07, 6.45) is 0. The van der Waals surface area contributed by atoms with Gasteiger partial charge in [-0.3, -0.25) is 0 Å². The lowest BCUT2D eigenvalue weighted by Gasteiger charge is -2.10. The predicted octanol–water partition coefficient (Wildman–Crippen LogP) is 2.95. The molecular weight excluding hydrogens is 204 g/mol. The highest BCUT2D eigenvalue weighted by molar-refractivity contribution is 5.94. The third-order valence-corrected chi connectivity index (χ3v) is 2.46. The first-order valence-electron chi connectivity index (χ1n) is 5.18. The van der Waals surface area contributed by atoms with Gasteiger partial charge in [-0.2, -0.15) is 0 Å². The summed E-state index contributed by atoms with van der Waals surface area (Å²) in [5.41, 5.74) is 0. The zero-order valence-corrected chi connectivity index (χ0v) is 9.36. The zero-order chi connectivity index (χ0) is 11.5. The number of methoxy groups -OCH3 is 1. The van der Waals surface area contributed by atoms with Crippen molar-refractivity contribution in [2.45, 2.75) is 6.92 Å². The van der Waals surface area contributed by atoms with Crippen LogP contribution in [0.1, 0.15) is 6.92 Å². The fraction of sp³-hybridized carbons (Fsp3) is 0.231. The number of benzene rings is 2. The Bertz CT molecular complexity index is 506. The molecule has 0 radical (unpaired) electrons. The van der Waals surface area contributed by atoms with Crippen LogP contribution in [0.25, 0.3) is 10.8 Å². The SMILES string of the molecule is CCOc1ccc(O)c2ccc(OC)cc12. The first kappa shape index (κ1) is 10.6. The van der Waals surface area contributed by atoms with Crippen LogP contribution >= 0.6 is 0 Å². The molecule has 0 aliphatic carbocycles. The first-order chi connectivity index (χ1) is 7.76. The maximum Gasteiger partial charge on any atom is 0.127 e. The molecule has 16 heavy (non-hydrogen) atoms. The number of ether oxygens (including phenoxy) is 2. The summed E-state index contributed by atoms with van der Waals surface area (Å²) >= 11 is 0. The van der Waals surface area contributed by atoms with E-state index in [4.69, 9.17) is 9.47 Å². The monoisotopic (exact) mass is 218 g/mol. The number of hydrogen-bond donors (Lipinski definition) is 1. The third kappa shape index (κ3) is 1.76. The molecule has 84 valence electrons. The second-order valence-electron chi connectivity index (χ2n) is 3.43. The molecular formula is C13H14O3. The summed E-state index contributed by atoms with van der Waals surface area (Å²) in [7, 11) is 1.62. The second-order valence-corrected chi connectivity index (χ2v) is 3.43. The minimum absolute atomic E-state index is 0.251. The molecule has 0 bridgehead atoms. The van der Waals surface area contributed by atoms with Crippen LogP contribution in [0, 0.1) is 0 Å². The summed E-state index contributed by atoms with van der Waals surface area (Å²) < 4.78 is 10.7. The van der Waals surface area contributed by atoms with E-state index in [1.807, 2.05) is 25.1 Å². The number of hydrogen-bond acceptors (Lipinski definition) is 3. The molecule has 1 N–H and O–H groups in total. The normalized spacial score (nSPS) is 10.4. The Kier molecular flexibility index (Phi) is 2.86. The van der Waals surface area contributed by atoms with Crippen LogP contribution in [-0.4, -0.2) is 18.8 Å². The molecule has 0 unspecified atom stereocenters. The Morgan fingerprint density at radius 2 is 1.94 bits per heavy atom. The lowest BCUT2D eigenvalue weighted by atomic mass is 10.1. The van der Waals surface area contributed by atoms with Crippen molar-refractivity contribution in [1.29, 1.82) is 0 Å². The Balaban J connectivity index is 2.67. The summed E-state index contributed by atoms with van der Waals surface area (Å²) in [5, 5.41) is 11.4. The fourth-order valence-corrected chi connectivity index (χ4v) is 1.69. The van der Waals surface area contributed by atoms with Crippen molar-refractivity contribution in [3.63, 3.8) is 0 Å². The Morgan fingerprint density at radius 1 is 1.12 bits per heavy atom. The number of rotatable bonds is 3. The smallest absolute Gasteiger partial charge is 0.127 e. The van der Waals surface area contributed by atoms with Crippen LogP contribution in [0.15, 0.2) is 30.3 Å². The second kappa shape index (κ2) is 4.31. The molecule has 0 aliphatic rings. The van der Waals surface area contributed by atoms with Gasteiger partial charge in [-0.05, 0) is 37.3 Å². The molecule has 0 atom stereocenters. The highest BCUT2D eigenvalue weighted by Crippen LogP contribution is 2.34. The third-order valence-electron chi connectivity index (χ3n) is 2.46. The van der Waals surface area contributed by atoms with Gasteiger partial charge in [0.05, 0.1) is 13.7 Å². The van der Waals surface area contributed by atoms with Crippen molar-refractivity contribution in [3.8, 4) is 17.2 Å². The fourth-order valence-electron chi connectivity index (χ4n) is 1.69. The lowest BCUT2D eigenvalue weighted by Crippen LogP contribution is -1.92. The highest BCUT2D eigenvalue weighted by Gasteiger charge is 2.07. The van der Waals surface area contributed by atoms with E-state index in [-0.39, 0.29) is 5.75 Å². The molecule has 3 nitrogen and oxygen atoms in total. The molecule has 0 fully saturated rings. The summed E-state index contributed by atoms with van der Waals surface area (Å²) in [6, 6.07) is 8.91. The number of phenolic OH excluding ortho intramolecular Hbond substituents is 1. The average Bonchev–Trinajstić information content (AvgIpc) is 2.32. The standard InChI is InChI=1S/C13H14O3/c1-3-16-13-7-6-12(14)10-5-4-9(15-2)8-11(10)13/h4-8,14H,3H2,1-2H3. The first-order valence-corrected chi connectivity index (χ1v) is 5.18. The van der Waals surface area contributed by atoms with Gasteiger partial charge in [0.25, 0.3) is 0 Å². The highest BCUT2D eigenvalue weighted by atomic mass is 16.5. The van der Waals surface area contributed by atoms with Crippen molar-refractivity contribution in [2.75, 3.05) is 13.7 Å². The van der Waals surface area contributed by atoms with Gasteiger partial charge in [-0.15, -0.1) is 0 Å². The van der Waals surface area contributed by atoms with Gasteiger partial charge in [0.2, 0.25) is 0 Å². The molecule has 0 saturated carbocycles. The number of fused-ring (bicyclic) bond motifs is 1. The molecule has 0 saturated heterocycles. The van der Waals surface area contributed by atoms with E-state index in [1.165, 1.54) is 0 Å². The number of aromatic hydroxyl groups is 1. The van der Waals surface area contributed by atoms with E-state index < -0.39 is 0 Å². The topological polar surface area (TPSA) is 38.7 Å². The van der Waals surface area contributed by atoms with Gasteiger partial charge in [0.1, 0.15) is 17.2 Å². The summed E-state index contributed by atoms with van der Waals surface area (Å²) in [5.74, 6) is 1.76. The van der Waals surface area contributed by atoms with Crippen molar-refractivity contribution in [2.24, 2.45) is 0 Å². The van der Waals surface area contributed by atoms with E-state index in [0.717, 1.165) is 22.3 Å². The molecule has 0 aliphatic heterocycles. The quantitative estimate of drug-likeness (QED) is 0.860. The van der Waals surface area contributed by atoms with Crippen LogP contribution in [0.4, 0.5) is 0 Å². The van der Waals surface area contributed by atoms with Crippen LogP contribution in [0.5, 0.6) is 17.2 Å². The molecule has 2 aromatic carbocycles. The van der Waals surface area contributed by atoms with Crippen LogP contribution < -0.4 is 9.47 Å². The van der Waals surface area contributed by atoms with Crippen LogP contribution in [0.2, 0.25) is 0 Å². The molecule has 0 aromatic heterocycles. The molecule has 3 heteroatoms. The molecule has 0 amide bonds. The van der Waals surface area contributed by atoms with Gasteiger partial charge in [0, 0.05) is 10.8 Å². The van der Waals surface area contributed by atoms with E-state index in [1.54, 1.807) is 19.2 Å². The molecule has 2 rings (SSSR count). The van der Waals surface area contributed by atoms with Crippen molar-refractivity contribution in [3.05, 3.63) is 30.3 Å². The minimum atomic E-state index is 0.251. The Labute approximate surface area is 94.2 Å². The molecule has 2 aromatic rings. The van der Waals surface area contributed by atoms with Crippen molar-refractivity contribution >= 4 is 10.8 Å². The zero-order valence-electron chi connectivity index (χ0n) is 9.36. The molecule has 0 spiro atoms. The number of phenols is 1. The maximum absolute atomic E-state index is 9.73. The van der Waals surface area contributed by atoms with Crippen molar-refractivity contribution < 1.29 is 14.6 Å². The van der Waals surface area contributed by atoms with E-state index in [2.05, 4.69) is 0 Å². The van der Waals surface area contributed by atoms with Crippen molar-refractivity contribution in [1.82, 2.24) is 0 Å². The van der Waals surface area contributed by atoms with Gasteiger partial charge in [-0.25, -0.2) is 0 Å². The summed E-state index contributed by atoms with van der Waals surface area (Å²) in [4.78, 5) is 0. The molecule has 0 heterocycles. The Morgan fingerprint density at radius 3 is 2.62 bits per heavy atom. The Hall–Kier alpha value is -1.90. The lowest BCUT2D eigenvalue weighted by molar-refractivity contribution is 0.343. The summed E-state index contributed by atoms with van der Waals surface area (Å²) in [6.45, 7) is 2.52. The predicted molar refractivity (Wildman–Crippen MR) is 63.3 cm³/mol. The average molecular weight is 218 g/mol. The van der Waals surface area contributed by atoms with Crippen LogP contribution in [-0.2, 0) is 0 Å². The largest absolute Gasteiger partial charge is 0.507 e. The van der Waals surface area contributed by atoms with Gasteiger partial charge >= 0.3 is 0 Å². The van der Waals surface area contributed by atoms with Gasteiger partial charge < -0.3 is 14.6 Å². The van der Waals surface area contributed by atoms with Crippen LogP contribution in [0.3, 0.4) is 0 Å². The minimum Gasteiger partial charge on any atom is -0.507 e. The van der Waals surface area contributed by atoms with E-state index >= 15 is 0 Å². The van der Waals surface area contributed by atoms with Gasteiger partial charge in [-0.1, -0.05) is 0 Å². The maximum atomic E-state index is 9.73. The van der Waals surface area contributed by atoms with E-state index in [0.29, 0.717) is 6.61 Å². The van der Waals surface area contributed by atoms with Gasteiger partial charge in [0.15, 0.2) is 0 Å².